The van der Waals surface area contributed by atoms with Crippen LogP contribution in [0.3, 0.4) is 0 Å². The van der Waals surface area contributed by atoms with Crippen molar-refractivity contribution < 1.29 is 14.3 Å². The summed E-state index contributed by atoms with van der Waals surface area (Å²) in [5.74, 6) is -0.451. The third kappa shape index (κ3) is 5.61. The number of benzene rings is 1. The van der Waals surface area contributed by atoms with Crippen LogP contribution in [0.5, 0.6) is 0 Å². The average Bonchev–Trinajstić information content (AvgIpc) is 2.40. The molecule has 0 bridgehead atoms. The number of carbonyl (C=O) groups is 2. The second kappa shape index (κ2) is 8.39. The number of rotatable bonds is 6. The number of thioether (sulfide) groups is 1. The number of hydrogen-bond donors (Lipinski definition) is 1. The van der Waals surface area contributed by atoms with Gasteiger partial charge >= 0.3 is 5.97 Å². The number of esters is 1. The zero-order chi connectivity index (χ0) is 15.1. The van der Waals surface area contributed by atoms with E-state index in [1.807, 2.05) is 0 Å². The normalized spacial score (nSPS) is 11.8. The lowest BCUT2D eigenvalue weighted by Gasteiger charge is -2.12. The molecule has 0 aromatic heterocycles. The molecule has 0 radical (unpaired) electrons. The molecular weight excluding hydrogens is 321 g/mol. The highest BCUT2D eigenvalue weighted by molar-refractivity contribution is 8.01. The van der Waals surface area contributed by atoms with Gasteiger partial charge in [-0.25, -0.2) is 0 Å². The summed E-state index contributed by atoms with van der Waals surface area (Å²) in [7, 11) is 0. The predicted molar refractivity (Wildman–Crippen MR) is 83.6 cm³/mol. The van der Waals surface area contributed by atoms with Crippen LogP contribution in [0.1, 0.15) is 13.8 Å². The Morgan fingerprint density at radius 1 is 1.40 bits per heavy atom. The van der Waals surface area contributed by atoms with E-state index in [0.29, 0.717) is 22.3 Å². The topological polar surface area (TPSA) is 55.4 Å². The molecule has 1 N–H and O–H groups in total. The first-order valence-electron chi connectivity index (χ1n) is 5.97. The van der Waals surface area contributed by atoms with E-state index in [4.69, 9.17) is 27.9 Å². The first kappa shape index (κ1) is 17.1. The Hall–Kier alpha value is -0.910. The summed E-state index contributed by atoms with van der Waals surface area (Å²) in [6.45, 7) is 3.77. The molecular formula is C13H15Cl2NO3S. The summed E-state index contributed by atoms with van der Waals surface area (Å²) < 4.78 is 4.80. The number of ether oxygens (including phenoxy) is 1. The average molecular weight is 336 g/mol. The smallest absolute Gasteiger partial charge is 0.315 e. The lowest BCUT2D eigenvalue weighted by Crippen LogP contribution is -2.24. The van der Waals surface area contributed by atoms with E-state index in [2.05, 4.69) is 5.32 Å². The minimum absolute atomic E-state index is 0.131. The Morgan fingerprint density at radius 3 is 2.75 bits per heavy atom. The molecule has 0 aliphatic rings. The molecule has 1 atom stereocenters. The SMILES string of the molecule is CCOC(=O)CS[C@@H](C)C(=O)Nc1cc(Cl)ccc1Cl. The summed E-state index contributed by atoms with van der Waals surface area (Å²) >= 11 is 13.0. The van der Waals surface area contributed by atoms with Crippen LogP contribution in [0.4, 0.5) is 5.69 Å². The number of hydrogen-bond acceptors (Lipinski definition) is 4. The molecule has 0 saturated heterocycles. The van der Waals surface area contributed by atoms with Gasteiger partial charge in [-0.2, -0.15) is 0 Å². The number of anilines is 1. The van der Waals surface area contributed by atoms with Crippen molar-refractivity contribution in [3.63, 3.8) is 0 Å². The van der Waals surface area contributed by atoms with Gasteiger partial charge in [0.05, 0.1) is 28.3 Å². The largest absolute Gasteiger partial charge is 0.465 e. The molecule has 20 heavy (non-hydrogen) atoms. The van der Waals surface area contributed by atoms with Crippen LogP contribution in [0.25, 0.3) is 0 Å². The summed E-state index contributed by atoms with van der Waals surface area (Å²) in [6, 6.07) is 4.82. The standard InChI is InChI=1S/C13H15Cl2NO3S/c1-3-19-12(17)7-20-8(2)13(18)16-11-6-9(14)4-5-10(11)15/h4-6,8H,3,7H2,1-2H3,(H,16,18)/t8-/m0/s1. The van der Waals surface area contributed by atoms with Gasteiger partial charge in [-0.3, -0.25) is 9.59 Å². The molecule has 1 rings (SSSR count). The van der Waals surface area contributed by atoms with E-state index in [1.54, 1.807) is 32.0 Å². The highest BCUT2D eigenvalue weighted by atomic mass is 35.5. The van der Waals surface area contributed by atoms with Crippen molar-refractivity contribution in [3.05, 3.63) is 28.2 Å². The van der Waals surface area contributed by atoms with Crippen LogP contribution < -0.4 is 5.32 Å². The van der Waals surface area contributed by atoms with Crippen molar-refractivity contribution in [2.24, 2.45) is 0 Å². The Kier molecular flexibility index (Phi) is 7.19. The summed E-state index contributed by atoms with van der Waals surface area (Å²) in [5, 5.41) is 3.16. The van der Waals surface area contributed by atoms with Crippen LogP contribution in [0.2, 0.25) is 10.0 Å². The molecule has 0 spiro atoms. The Labute approximate surface area is 132 Å². The predicted octanol–water partition coefficient (Wildman–Crippen LogP) is 3.62. The molecule has 0 unspecified atom stereocenters. The number of carbonyl (C=O) groups excluding carboxylic acids is 2. The monoisotopic (exact) mass is 335 g/mol. The van der Waals surface area contributed by atoms with Crippen molar-refractivity contribution >= 4 is 52.5 Å². The van der Waals surface area contributed by atoms with Gasteiger partial charge in [0.2, 0.25) is 5.91 Å². The molecule has 7 heteroatoms. The van der Waals surface area contributed by atoms with Crippen LogP contribution in [0, 0.1) is 0 Å². The van der Waals surface area contributed by atoms with Crippen LogP contribution >= 0.6 is 35.0 Å². The van der Waals surface area contributed by atoms with Gasteiger partial charge in [-0.05, 0) is 32.0 Å². The van der Waals surface area contributed by atoms with Gasteiger partial charge < -0.3 is 10.1 Å². The van der Waals surface area contributed by atoms with Crippen molar-refractivity contribution in [3.8, 4) is 0 Å². The van der Waals surface area contributed by atoms with Gasteiger partial charge in [0, 0.05) is 5.02 Å². The second-order valence-electron chi connectivity index (χ2n) is 3.87. The van der Waals surface area contributed by atoms with E-state index in [9.17, 15) is 9.59 Å². The van der Waals surface area contributed by atoms with E-state index in [-0.39, 0.29) is 17.6 Å². The lowest BCUT2D eigenvalue weighted by molar-refractivity contribution is -0.139. The van der Waals surface area contributed by atoms with Crippen molar-refractivity contribution in [2.45, 2.75) is 19.1 Å². The van der Waals surface area contributed by atoms with Crippen LogP contribution in [-0.2, 0) is 14.3 Å². The molecule has 0 heterocycles. The highest BCUT2D eigenvalue weighted by Gasteiger charge is 2.17. The molecule has 0 aliphatic carbocycles. The maximum atomic E-state index is 12.0. The molecule has 0 aliphatic heterocycles. The molecule has 110 valence electrons. The van der Waals surface area contributed by atoms with Crippen molar-refractivity contribution in [2.75, 3.05) is 17.7 Å². The second-order valence-corrected chi connectivity index (χ2v) is 6.04. The molecule has 1 amide bonds. The fourth-order valence-corrected chi connectivity index (χ4v) is 2.32. The summed E-state index contributed by atoms with van der Waals surface area (Å²) in [6.07, 6.45) is 0. The summed E-state index contributed by atoms with van der Waals surface area (Å²) in [5.41, 5.74) is 0.452. The minimum Gasteiger partial charge on any atom is -0.465 e. The van der Waals surface area contributed by atoms with E-state index in [1.165, 1.54) is 11.8 Å². The van der Waals surface area contributed by atoms with Crippen molar-refractivity contribution in [1.82, 2.24) is 0 Å². The van der Waals surface area contributed by atoms with E-state index in [0.717, 1.165) is 0 Å². The molecule has 1 aromatic carbocycles. The zero-order valence-electron chi connectivity index (χ0n) is 11.1. The van der Waals surface area contributed by atoms with Gasteiger partial charge in [-0.15, -0.1) is 11.8 Å². The van der Waals surface area contributed by atoms with Gasteiger partial charge in [-0.1, -0.05) is 23.2 Å². The van der Waals surface area contributed by atoms with E-state index >= 15 is 0 Å². The lowest BCUT2D eigenvalue weighted by atomic mass is 10.3. The maximum absolute atomic E-state index is 12.0. The number of halogens is 2. The number of amides is 1. The van der Waals surface area contributed by atoms with Gasteiger partial charge in [0.1, 0.15) is 0 Å². The molecule has 0 saturated carbocycles. The van der Waals surface area contributed by atoms with Gasteiger partial charge in [0.15, 0.2) is 0 Å². The maximum Gasteiger partial charge on any atom is 0.315 e. The number of nitrogens with one attached hydrogen (secondary N) is 1. The van der Waals surface area contributed by atoms with Crippen LogP contribution in [0.15, 0.2) is 18.2 Å². The Morgan fingerprint density at radius 2 is 2.10 bits per heavy atom. The Balaban J connectivity index is 2.53. The molecule has 0 fully saturated rings. The third-order valence-electron chi connectivity index (χ3n) is 2.31. The molecule has 1 aromatic rings. The summed E-state index contributed by atoms with van der Waals surface area (Å²) in [4.78, 5) is 23.2. The fraction of sp³-hybridized carbons (Fsp3) is 0.385. The third-order valence-corrected chi connectivity index (χ3v) is 3.99. The first-order chi connectivity index (χ1) is 9.43. The first-order valence-corrected chi connectivity index (χ1v) is 7.77. The quantitative estimate of drug-likeness (QED) is 0.806. The Bertz CT molecular complexity index is 497. The van der Waals surface area contributed by atoms with Crippen molar-refractivity contribution in [1.29, 1.82) is 0 Å². The zero-order valence-corrected chi connectivity index (χ0v) is 13.4. The van der Waals surface area contributed by atoms with E-state index < -0.39 is 5.25 Å². The fourth-order valence-electron chi connectivity index (χ4n) is 1.30. The van der Waals surface area contributed by atoms with Gasteiger partial charge in [0.25, 0.3) is 0 Å². The highest BCUT2D eigenvalue weighted by Crippen LogP contribution is 2.26. The van der Waals surface area contributed by atoms with Crippen LogP contribution in [-0.4, -0.2) is 29.5 Å². The molecule has 4 nitrogen and oxygen atoms in total. The minimum atomic E-state index is -0.408.